The van der Waals surface area contributed by atoms with Gasteiger partial charge in [0.05, 0.1) is 0 Å². The van der Waals surface area contributed by atoms with Crippen molar-refractivity contribution in [2.24, 2.45) is 5.92 Å². The predicted octanol–water partition coefficient (Wildman–Crippen LogP) is 10.1. The first-order valence-electron chi connectivity index (χ1n) is 12.7. The van der Waals surface area contributed by atoms with Gasteiger partial charge in [-0.25, -0.2) is 0 Å². The summed E-state index contributed by atoms with van der Waals surface area (Å²) in [6, 6.07) is 45.9. The summed E-state index contributed by atoms with van der Waals surface area (Å²) in [5, 5.41) is 0. The van der Waals surface area contributed by atoms with E-state index in [-0.39, 0.29) is 0 Å². The van der Waals surface area contributed by atoms with E-state index in [1.165, 1.54) is 55.6 Å². The van der Waals surface area contributed by atoms with E-state index in [1.54, 1.807) is 0 Å². The van der Waals surface area contributed by atoms with Crippen molar-refractivity contribution in [1.29, 1.82) is 0 Å². The summed E-state index contributed by atoms with van der Waals surface area (Å²) < 4.78 is 0. The fourth-order valence-electron chi connectivity index (χ4n) is 4.83. The maximum Gasteiger partial charge on any atom is -0.0146 e. The molecule has 0 saturated carbocycles. The highest BCUT2D eigenvalue weighted by atomic mass is 14.2. The van der Waals surface area contributed by atoms with Crippen molar-refractivity contribution in [3.8, 4) is 33.4 Å². The number of hydrogen-bond acceptors (Lipinski definition) is 0. The second kappa shape index (κ2) is 10.6. The van der Waals surface area contributed by atoms with Gasteiger partial charge in [-0.1, -0.05) is 135 Å². The Balaban J connectivity index is 1.54. The van der Waals surface area contributed by atoms with Gasteiger partial charge in [-0.2, -0.15) is 0 Å². The van der Waals surface area contributed by atoms with E-state index >= 15 is 0 Å². The molecule has 0 heteroatoms. The zero-order chi connectivity index (χ0) is 24.9. The fraction of sp³-hybridized carbons (Fsp3) is 0.111. The Bertz CT molecular complexity index is 1490. The van der Waals surface area contributed by atoms with Gasteiger partial charge in [-0.15, -0.1) is 0 Å². The van der Waals surface area contributed by atoms with Crippen molar-refractivity contribution in [3.05, 3.63) is 150 Å². The molecule has 0 aliphatic heterocycles. The van der Waals surface area contributed by atoms with Crippen LogP contribution in [-0.4, -0.2) is 0 Å². The van der Waals surface area contributed by atoms with E-state index in [2.05, 4.69) is 154 Å². The number of hydrogen-bond donors (Lipinski definition) is 0. The van der Waals surface area contributed by atoms with Crippen molar-refractivity contribution < 1.29 is 0 Å². The lowest BCUT2D eigenvalue weighted by atomic mass is 9.88. The lowest BCUT2D eigenvalue weighted by Crippen LogP contribution is -1.96. The molecule has 0 radical (unpaired) electrons. The van der Waals surface area contributed by atoms with Crippen LogP contribution >= 0.6 is 0 Å². The molecule has 0 bridgehead atoms. The summed E-state index contributed by atoms with van der Waals surface area (Å²) >= 11 is 0. The lowest BCUT2D eigenvalue weighted by Gasteiger charge is -2.16. The fourth-order valence-corrected chi connectivity index (χ4v) is 4.83. The number of allylic oxidation sites excluding steroid dienone is 1. The molecule has 0 aliphatic rings. The molecule has 0 amide bonds. The van der Waals surface area contributed by atoms with Gasteiger partial charge in [-0.05, 0) is 80.6 Å². The molecular formula is C36H32. The van der Waals surface area contributed by atoms with E-state index in [0.717, 1.165) is 0 Å². The second-order valence-corrected chi connectivity index (χ2v) is 9.75. The summed E-state index contributed by atoms with van der Waals surface area (Å²) in [6.07, 6.45) is 2.39. The first-order valence-corrected chi connectivity index (χ1v) is 12.7. The highest BCUT2D eigenvalue weighted by molar-refractivity contribution is 5.85. The number of benzene rings is 5. The van der Waals surface area contributed by atoms with E-state index in [1.807, 2.05) is 0 Å². The van der Waals surface area contributed by atoms with Crippen LogP contribution in [0.1, 0.15) is 30.5 Å². The molecule has 0 saturated heterocycles. The molecule has 5 aromatic rings. The number of rotatable bonds is 6. The van der Waals surface area contributed by atoms with Crippen LogP contribution in [0.25, 0.3) is 39.0 Å². The largest absolute Gasteiger partial charge is 0.0735 e. The van der Waals surface area contributed by atoms with Crippen molar-refractivity contribution in [2.45, 2.75) is 20.8 Å². The van der Waals surface area contributed by atoms with Gasteiger partial charge in [0.25, 0.3) is 0 Å². The van der Waals surface area contributed by atoms with Crippen molar-refractivity contribution >= 4 is 5.57 Å². The van der Waals surface area contributed by atoms with Gasteiger partial charge < -0.3 is 0 Å². The van der Waals surface area contributed by atoms with Gasteiger partial charge in [0.1, 0.15) is 0 Å². The molecule has 0 aromatic heterocycles. The minimum Gasteiger partial charge on any atom is -0.0735 e. The summed E-state index contributed by atoms with van der Waals surface area (Å²) in [4.78, 5) is 0. The Labute approximate surface area is 215 Å². The SMILES string of the molecule is Cc1cc(-c2ccccc2)ccc1/C(=C\C(C)C)c1cccc(-c2cccc(-c3ccccc3)c2)c1. The minimum absolute atomic E-state index is 0.443. The molecule has 0 spiro atoms. The highest BCUT2D eigenvalue weighted by Gasteiger charge is 2.12. The van der Waals surface area contributed by atoms with Crippen molar-refractivity contribution in [1.82, 2.24) is 0 Å². The van der Waals surface area contributed by atoms with Crippen LogP contribution in [0.15, 0.2) is 133 Å². The molecule has 0 nitrogen and oxygen atoms in total. The van der Waals surface area contributed by atoms with Crippen LogP contribution in [0, 0.1) is 12.8 Å². The molecule has 0 N–H and O–H groups in total. The average molecular weight is 465 g/mol. The third-order valence-corrected chi connectivity index (χ3v) is 6.60. The van der Waals surface area contributed by atoms with E-state index in [4.69, 9.17) is 0 Å². The van der Waals surface area contributed by atoms with Crippen LogP contribution < -0.4 is 0 Å². The predicted molar refractivity (Wildman–Crippen MR) is 156 cm³/mol. The molecule has 176 valence electrons. The molecule has 0 heterocycles. The Morgan fingerprint density at radius 2 is 1.00 bits per heavy atom. The van der Waals surface area contributed by atoms with Gasteiger partial charge in [-0.3, -0.25) is 0 Å². The molecule has 0 aliphatic carbocycles. The standard InChI is InChI=1S/C36H32/c1-26(2)22-36(35-21-20-33(23-27(35)3)29-14-8-5-9-15-29)34-19-11-18-32(25-34)31-17-10-16-30(24-31)28-12-6-4-7-13-28/h4-26H,1-3H3/b36-22-. The first kappa shape index (κ1) is 23.6. The smallest absolute Gasteiger partial charge is 0.0146 e. The van der Waals surface area contributed by atoms with Gasteiger partial charge in [0.15, 0.2) is 0 Å². The topological polar surface area (TPSA) is 0 Å². The molecule has 0 unspecified atom stereocenters. The second-order valence-electron chi connectivity index (χ2n) is 9.75. The van der Waals surface area contributed by atoms with Crippen LogP contribution in [0.5, 0.6) is 0 Å². The zero-order valence-corrected chi connectivity index (χ0v) is 21.3. The van der Waals surface area contributed by atoms with Gasteiger partial charge >= 0.3 is 0 Å². The van der Waals surface area contributed by atoms with Crippen LogP contribution in [0.2, 0.25) is 0 Å². The van der Waals surface area contributed by atoms with Gasteiger partial charge in [0, 0.05) is 0 Å². The molecular weight excluding hydrogens is 432 g/mol. The Morgan fingerprint density at radius 3 is 1.58 bits per heavy atom. The Kier molecular flexibility index (Phi) is 6.96. The molecule has 0 fully saturated rings. The Hall–Kier alpha value is -4.16. The molecule has 5 aromatic carbocycles. The zero-order valence-electron chi connectivity index (χ0n) is 21.3. The van der Waals surface area contributed by atoms with Crippen molar-refractivity contribution in [2.75, 3.05) is 0 Å². The van der Waals surface area contributed by atoms with E-state index in [0.29, 0.717) is 5.92 Å². The molecule has 0 atom stereocenters. The van der Waals surface area contributed by atoms with Gasteiger partial charge in [0.2, 0.25) is 0 Å². The summed E-state index contributed by atoms with van der Waals surface area (Å²) in [5.74, 6) is 0.443. The van der Waals surface area contributed by atoms with Crippen molar-refractivity contribution in [3.63, 3.8) is 0 Å². The lowest BCUT2D eigenvalue weighted by molar-refractivity contribution is 0.833. The summed E-state index contributed by atoms with van der Waals surface area (Å²) in [5.41, 5.74) is 12.6. The normalized spacial score (nSPS) is 11.6. The van der Waals surface area contributed by atoms with E-state index in [9.17, 15) is 0 Å². The third kappa shape index (κ3) is 5.24. The first-order chi connectivity index (χ1) is 17.6. The van der Waals surface area contributed by atoms with Crippen LogP contribution in [-0.2, 0) is 0 Å². The molecule has 5 rings (SSSR count). The monoisotopic (exact) mass is 464 g/mol. The maximum atomic E-state index is 2.39. The summed E-state index contributed by atoms with van der Waals surface area (Å²) in [7, 11) is 0. The Morgan fingerprint density at radius 1 is 0.500 bits per heavy atom. The number of aryl methyl sites for hydroxylation is 1. The minimum atomic E-state index is 0.443. The van der Waals surface area contributed by atoms with Crippen LogP contribution in [0.4, 0.5) is 0 Å². The molecule has 36 heavy (non-hydrogen) atoms. The average Bonchev–Trinajstić information content (AvgIpc) is 2.93. The summed E-state index contributed by atoms with van der Waals surface area (Å²) in [6.45, 7) is 6.73. The van der Waals surface area contributed by atoms with Crippen LogP contribution in [0.3, 0.4) is 0 Å². The van der Waals surface area contributed by atoms with E-state index < -0.39 is 0 Å². The quantitative estimate of drug-likeness (QED) is 0.234. The maximum absolute atomic E-state index is 2.39. The third-order valence-electron chi connectivity index (χ3n) is 6.60. The highest BCUT2D eigenvalue weighted by Crippen LogP contribution is 2.34.